The molecule has 4 rings (SSSR count). The molecule has 0 spiro atoms. The van der Waals surface area contributed by atoms with Crippen LogP contribution in [0.2, 0.25) is 0 Å². The number of hydrogen-bond donors (Lipinski definition) is 0. The number of ether oxygens (including phenoxy) is 1. The Hall–Kier alpha value is -3.46. The minimum Gasteiger partial charge on any atom is -0.368 e. The summed E-state index contributed by atoms with van der Waals surface area (Å²) >= 11 is 0. The van der Waals surface area contributed by atoms with Crippen molar-refractivity contribution in [2.24, 2.45) is 0 Å². The number of hydrogen-bond acceptors (Lipinski definition) is 7. The van der Waals surface area contributed by atoms with E-state index in [1.807, 2.05) is 35.2 Å². The largest absolute Gasteiger partial charge is 0.368 e. The minimum atomic E-state index is -0.528. The van der Waals surface area contributed by atoms with Gasteiger partial charge in [0, 0.05) is 37.9 Å². The van der Waals surface area contributed by atoms with Gasteiger partial charge in [-0.3, -0.25) is 19.7 Å². The van der Waals surface area contributed by atoms with Crippen molar-refractivity contribution < 1.29 is 19.2 Å². The number of benzene rings is 2. The average molecular weight is 396 g/mol. The maximum absolute atomic E-state index is 12.0. The molecule has 2 aromatic carbocycles. The number of para-hydroxylation sites is 1. The zero-order valence-electron chi connectivity index (χ0n) is 15.7. The summed E-state index contributed by atoms with van der Waals surface area (Å²) in [6, 6.07) is 14.5. The van der Waals surface area contributed by atoms with E-state index in [2.05, 4.69) is 4.90 Å². The molecular formula is C20H20N4O5. The Labute approximate surface area is 167 Å². The number of nitrogens with zero attached hydrogens (tertiary/aromatic N) is 4. The van der Waals surface area contributed by atoms with Gasteiger partial charge in [0.2, 0.25) is 0 Å². The van der Waals surface area contributed by atoms with E-state index in [9.17, 15) is 19.7 Å². The second kappa shape index (κ2) is 7.88. The molecule has 2 aliphatic heterocycles. The van der Waals surface area contributed by atoms with Crippen LogP contribution in [0, 0.1) is 10.1 Å². The van der Waals surface area contributed by atoms with Crippen molar-refractivity contribution in [1.29, 1.82) is 0 Å². The third-order valence-corrected chi connectivity index (χ3v) is 5.11. The van der Waals surface area contributed by atoms with Crippen LogP contribution in [-0.2, 0) is 14.3 Å². The second-order valence-corrected chi connectivity index (χ2v) is 6.86. The molecule has 0 aromatic heterocycles. The molecule has 150 valence electrons. The molecule has 2 amide bonds. The first-order valence-corrected chi connectivity index (χ1v) is 9.31. The summed E-state index contributed by atoms with van der Waals surface area (Å²) in [6.07, 6.45) is 0. The van der Waals surface area contributed by atoms with Gasteiger partial charge in [-0.2, -0.15) is 0 Å². The zero-order valence-corrected chi connectivity index (χ0v) is 15.7. The normalized spacial score (nSPS) is 17.6. The Morgan fingerprint density at radius 1 is 0.828 bits per heavy atom. The van der Waals surface area contributed by atoms with Gasteiger partial charge in [-0.15, -0.1) is 0 Å². The van der Waals surface area contributed by atoms with Crippen molar-refractivity contribution >= 4 is 34.6 Å². The van der Waals surface area contributed by atoms with Gasteiger partial charge in [0.1, 0.15) is 18.9 Å². The highest BCUT2D eigenvalue weighted by Crippen LogP contribution is 2.34. The fraction of sp³-hybridized carbons (Fsp3) is 0.300. The fourth-order valence-electron chi connectivity index (χ4n) is 3.69. The lowest BCUT2D eigenvalue weighted by Gasteiger charge is -2.37. The lowest BCUT2D eigenvalue weighted by Crippen LogP contribution is -2.47. The van der Waals surface area contributed by atoms with E-state index in [1.54, 1.807) is 12.1 Å². The molecule has 29 heavy (non-hydrogen) atoms. The molecule has 2 heterocycles. The molecule has 0 unspecified atom stereocenters. The van der Waals surface area contributed by atoms with Crippen LogP contribution >= 0.6 is 0 Å². The quantitative estimate of drug-likeness (QED) is 0.442. The number of nitro groups is 1. The van der Waals surface area contributed by atoms with Crippen LogP contribution in [0.5, 0.6) is 0 Å². The van der Waals surface area contributed by atoms with Gasteiger partial charge < -0.3 is 14.5 Å². The predicted octanol–water partition coefficient (Wildman–Crippen LogP) is 1.81. The van der Waals surface area contributed by atoms with Crippen molar-refractivity contribution in [3.8, 4) is 0 Å². The summed E-state index contributed by atoms with van der Waals surface area (Å²) in [4.78, 5) is 40.5. The Morgan fingerprint density at radius 2 is 1.45 bits per heavy atom. The Kier molecular flexibility index (Phi) is 5.13. The second-order valence-electron chi connectivity index (χ2n) is 6.86. The van der Waals surface area contributed by atoms with Gasteiger partial charge in [-0.05, 0) is 24.3 Å². The van der Waals surface area contributed by atoms with Gasteiger partial charge in [0.15, 0.2) is 0 Å². The predicted molar refractivity (Wildman–Crippen MR) is 107 cm³/mol. The summed E-state index contributed by atoms with van der Waals surface area (Å²) in [7, 11) is 0. The monoisotopic (exact) mass is 396 g/mol. The van der Waals surface area contributed by atoms with Crippen LogP contribution in [0.25, 0.3) is 0 Å². The van der Waals surface area contributed by atoms with Crippen LogP contribution in [-0.4, -0.2) is 56.1 Å². The molecule has 0 radical (unpaired) electrons. The number of anilines is 3. The van der Waals surface area contributed by atoms with Gasteiger partial charge in [-0.25, -0.2) is 4.90 Å². The van der Waals surface area contributed by atoms with E-state index in [0.717, 1.165) is 23.7 Å². The van der Waals surface area contributed by atoms with Gasteiger partial charge >= 0.3 is 0 Å². The van der Waals surface area contributed by atoms with Gasteiger partial charge in [-0.1, -0.05) is 18.2 Å². The van der Waals surface area contributed by atoms with Crippen LogP contribution in [0.4, 0.5) is 22.7 Å². The van der Waals surface area contributed by atoms with Crippen molar-refractivity contribution in [2.45, 2.75) is 0 Å². The van der Waals surface area contributed by atoms with Gasteiger partial charge in [0.25, 0.3) is 17.5 Å². The first-order chi connectivity index (χ1) is 14.0. The maximum atomic E-state index is 12.0. The highest BCUT2D eigenvalue weighted by molar-refractivity contribution is 6.17. The van der Waals surface area contributed by atoms with E-state index in [-0.39, 0.29) is 24.6 Å². The minimum absolute atomic E-state index is 0.122. The van der Waals surface area contributed by atoms with Crippen molar-refractivity contribution in [3.05, 3.63) is 58.6 Å². The fourth-order valence-corrected chi connectivity index (χ4v) is 3.69. The third kappa shape index (κ3) is 3.77. The number of amides is 2. The van der Waals surface area contributed by atoms with Crippen LogP contribution in [0.1, 0.15) is 0 Å². The summed E-state index contributed by atoms with van der Waals surface area (Å²) in [5.41, 5.74) is 1.69. The average Bonchev–Trinajstić information content (AvgIpc) is 2.74. The van der Waals surface area contributed by atoms with E-state index < -0.39 is 16.7 Å². The highest BCUT2D eigenvalue weighted by Gasteiger charge is 2.31. The summed E-state index contributed by atoms with van der Waals surface area (Å²) in [5, 5.41) is 11.7. The van der Waals surface area contributed by atoms with Crippen molar-refractivity contribution in [2.75, 3.05) is 54.1 Å². The number of imide groups is 1. The Morgan fingerprint density at radius 3 is 2.07 bits per heavy atom. The molecule has 0 atom stereocenters. The summed E-state index contributed by atoms with van der Waals surface area (Å²) in [5.74, 6) is -1.06. The number of morpholine rings is 1. The van der Waals surface area contributed by atoms with Crippen LogP contribution < -0.4 is 14.7 Å². The lowest BCUT2D eigenvalue weighted by atomic mass is 10.1. The topological polar surface area (TPSA) is 96.2 Å². The number of carbonyl (C=O) groups excluding carboxylic acids is 2. The van der Waals surface area contributed by atoms with Crippen LogP contribution in [0.3, 0.4) is 0 Å². The first kappa shape index (κ1) is 18.9. The van der Waals surface area contributed by atoms with E-state index >= 15 is 0 Å². The van der Waals surface area contributed by atoms with E-state index in [4.69, 9.17) is 4.74 Å². The molecule has 2 saturated heterocycles. The number of rotatable bonds is 4. The molecule has 9 heteroatoms. The van der Waals surface area contributed by atoms with E-state index in [0.29, 0.717) is 18.8 Å². The maximum Gasteiger partial charge on any atom is 0.294 e. The van der Waals surface area contributed by atoms with Crippen LogP contribution in [0.15, 0.2) is 48.5 Å². The third-order valence-electron chi connectivity index (χ3n) is 5.11. The smallest absolute Gasteiger partial charge is 0.294 e. The van der Waals surface area contributed by atoms with Crippen molar-refractivity contribution in [1.82, 2.24) is 0 Å². The summed E-state index contributed by atoms with van der Waals surface area (Å²) < 4.78 is 4.90. The molecule has 0 N–H and O–H groups in total. The number of nitro benzene ring substituents is 1. The lowest BCUT2D eigenvalue weighted by molar-refractivity contribution is -0.384. The molecule has 0 aliphatic carbocycles. The molecule has 2 aliphatic rings. The number of carbonyl (C=O) groups is 2. The molecular weight excluding hydrogens is 376 g/mol. The standard InChI is InChI=1S/C20H20N4O5/c25-19-13-29-14-20(26)23(19)16-6-7-17(18(12-16)24(27)28)22-10-8-21(9-11-22)15-4-2-1-3-5-15/h1-7,12H,8-11,13-14H2. The molecule has 9 nitrogen and oxygen atoms in total. The Balaban J connectivity index is 1.56. The van der Waals surface area contributed by atoms with Crippen molar-refractivity contribution in [3.63, 3.8) is 0 Å². The molecule has 2 fully saturated rings. The first-order valence-electron chi connectivity index (χ1n) is 9.31. The molecule has 0 bridgehead atoms. The SMILES string of the molecule is O=C1COCC(=O)N1c1ccc(N2CCN(c3ccccc3)CC2)c([N+](=O)[O-])c1. The Bertz CT molecular complexity index is 925. The van der Waals surface area contributed by atoms with Gasteiger partial charge in [0.05, 0.1) is 10.6 Å². The van der Waals surface area contributed by atoms with E-state index in [1.165, 1.54) is 6.07 Å². The molecule has 0 saturated carbocycles. The zero-order chi connectivity index (χ0) is 20.4. The number of piperazine rings is 1. The highest BCUT2D eigenvalue weighted by atomic mass is 16.6. The molecule has 2 aromatic rings. The summed E-state index contributed by atoms with van der Waals surface area (Å²) in [6.45, 7) is 2.30.